The highest BCUT2D eigenvalue weighted by Gasteiger charge is 2.18. The van der Waals surface area contributed by atoms with E-state index in [0.29, 0.717) is 39.1 Å². The van der Waals surface area contributed by atoms with Crippen LogP contribution in [0, 0.1) is 0 Å². The quantitative estimate of drug-likeness (QED) is 0.496. The third kappa shape index (κ3) is 2.14. The first-order chi connectivity index (χ1) is 11.2. The molecular formula is C18H12ClNO3. The van der Waals surface area contributed by atoms with Gasteiger partial charge in [-0.3, -0.25) is 0 Å². The molecule has 0 aliphatic heterocycles. The monoisotopic (exact) mass is 325 g/mol. The fraction of sp³-hybridized carbons (Fsp3) is 0.111. The van der Waals surface area contributed by atoms with Crippen molar-refractivity contribution in [3.63, 3.8) is 0 Å². The molecule has 0 radical (unpaired) electrons. The molecule has 0 aliphatic carbocycles. The predicted molar refractivity (Wildman–Crippen MR) is 89.9 cm³/mol. The maximum atomic E-state index is 12.3. The second-order valence-corrected chi connectivity index (χ2v) is 5.68. The van der Waals surface area contributed by atoms with Crippen molar-refractivity contribution in [2.45, 2.75) is 13.3 Å². The summed E-state index contributed by atoms with van der Waals surface area (Å²) in [5.41, 5.74) is 2.77. The van der Waals surface area contributed by atoms with Gasteiger partial charge in [0.05, 0.1) is 11.1 Å². The molecule has 0 atom stereocenters. The Morgan fingerprint density at radius 2 is 1.96 bits per heavy atom. The minimum absolute atomic E-state index is 0.392. The smallest absolute Gasteiger partial charge is 0.349 e. The van der Waals surface area contributed by atoms with E-state index < -0.39 is 5.63 Å². The van der Waals surface area contributed by atoms with Gasteiger partial charge < -0.3 is 8.94 Å². The maximum absolute atomic E-state index is 12.3. The summed E-state index contributed by atoms with van der Waals surface area (Å²) in [7, 11) is 0. The van der Waals surface area contributed by atoms with Crippen LogP contribution >= 0.6 is 11.6 Å². The standard InChI is InChI=1S/C18H12ClNO3/c1-2-14-16-17(23-20-14)12-8-13(19)11(9-15(12)22-18(16)21)10-6-4-3-5-7-10/h3-9H,2H2,1H3. The van der Waals surface area contributed by atoms with Crippen LogP contribution in [0.25, 0.3) is 33.1 Å². The van der Waals surface area contributed by atoms with Gasteiger partial charge in [-0.2, -0.15) is 0 Å². The van der Waals surface area contributed by atoms with Gasteiger partial charge in [0.25, 0.3) is 0 Å². The van der Waals surface area contributed by atoms with Crippen LogP contribution < -0.4 is 5.63 Å². The van der Waals surface area contributed by atoms with Crippen molar-refractivity contribution in [2.75, 3.05) is 0 Å². The summed E-state index contributed by atoms with van der Waals surface area (Å²) in [6, 6.07) is 13.2. The zero-order valence-electron chi connectivity index (χ0n) is 12.3. The Bertz CT molecular complexity index is 1080. The molecule has 23 heavy (non-hydrogen) atoms. The minimum atomic E-state index is -0.438. The van der Waals surface area contributed by atoms with Crippen molar-refractivity contribution in [3.8, 4) is 11.1 Å². The van der Waals surface area contributed by atoms with Crippen LogP contribution in [0.1, 0.15) is 12.6 Å². The van der Waals surface area contributed by atoms with Crippen LogP contribution in [0.3, 0.4) is 0 Å². The molecular weight excluding hydrogens is 314 g/mol. The number of hydrogen-bond donors (Lipinski definition) is 0. The third-order valence-electron chi connectivity index (χ3n) is 3.90. The predicted octanol–water partition coefficient (Wildman–Crippen LogP) is 4.82. The van der Waals surface area contributed by atoms with E-state index in [0.717, 1.165) is 11.1 Å². The van der Waals surface area contributed by atoms with Crippen LogP contribution in [-0.2, 0) is 6.42 Å². The molecule has 2 heterocycles. The Kier molecular flexibility index (Phi) is 3.20. The lowest BCUT2D eigenvalue weighted by atomic mass is 10.0. The summed E-state index contributed by atoms with van der Waals surface area (Å²) < 4.78 is 10.8. The summed E-state index contributed by atoms with van der Waals surface area (Å²) in [5, 5.41) is 5.56. The molecule has 0 bridgehead atoms. The number of fused-ring (bicyclic) bond motifs is 3. The molecule has 4 rings (SSSR count). The van der Waals surface area contributed by atoms with Gasteiger partial charge in [-0.15, -0.1) is 0 Å². The Labute approximate surface area is 136 Å². The van der Waals surface area contributed by atoms with Crippen LogP contribution in [0.2, 0.25) is 5.02 Å². The van der Waals surface area contributed by atoms with E-state index in [4.69, 9.17) is 20.5 Å². The topological polar surface area (TPSA) is 56.2 Å². The number of aromatic nitrogens is 1. The molecule has 2 aromatic carbocycles. The van der Waals surface area contributed by atoms with Crippen molar-refractivity contribution < 1.29 is 8.94 Å². The van der Waals surface area contributed by atoms with E-state index in [1.165, 1.54) is 0 Å². The van der Waals surface area contributed by atoms with Gasteiger partial charge in [0, 0.05) is 10.6 Å². The first kappa shape index (κ1) is 14.0. The number of halogens is 1. The van der Waals surface area contributed by atoms with Gasteiger partial charge in [-0.25, -0.2) is 4.79 Å². The van der Waals surface area contributed by atoms with Crippen LogP contribution in [0.5, 0.6) is 0 Å². The molecule has 0 spiro atoms. The zero-order chi connectivity index (χ0) is 16.0. The highest BCUT2D eigenvalue weighted by atomic mass is 35.5. The first-order valence-electron chi connectivity index (χ1n) is 7.29. The van der Waals surface area contributed by atoms with E-state index in [2.05, 4.69) is 5.16 Å². The first-order valence-corrected chi connectivity index (χ1v) is 7.67. The molecule has 0 amide bonds. The fourth-order valence-corrected chi connectivity index (χ4v) is 3.04. The molecule has 2 aromatic heterocycles. The number of hydrogen-bond acceptors (Lipinski definition) is 4. The van der Waals surface area contributed by atoms with Gasteiger partial charge in [0.1, 0.15) is 11.0 Å². The summed E-state index contributed by atoms with van der Waals surface area (Å²) >= 11 is 6.44. The molecule has 0 saturated heterocycles. The Morgan fingerprint density at radius 3 is 2.70 bits per heavy atom. The third-order valence-corrected chi connectivity index (χ3v) is 4.22. The Morgan fingerprint density at radius 1 is 1.17 bits per heavy atom. The fourth-order valence-electron chi connectivity index (χ4n) is 2.76. The zero-order valence-corrected chi connectivity index (χ0v) is 13.1. The number of rotatable bonds is 2. The molecule has 0 unspecified atom stereocenters. The average Bonchev–Trinajstić information content (AvgIpc) is 3.01. The second kappa shape index (κ2) is 5.25. The normalized spacial score (nSPS) is 11.4. The van der Waals surface area contributed by atoms with Crippen molar-refractivity contribution in [2.24, 2.45) is 0 Å². The Hall–Kier alpha value is -2.59. The van der Waals surface area contributed by atoms with Crippen molar-refractivity contribution in [1.82, 2.24) is 5.16 Å². The largest absolute Gasteiger partial charge is 0.422 e. The van der Waals surface area contributed by atoms with E-state index in [1.807, 2.05) is 37.3 Å². The molecule has 0 fully saturated rings. The van der Waals surface area contributed by atoms with E-state index in [1.54, 1.807) is 12.1 Å². The minimum Gasteiger partial charge on any atom is -0.422 e. The van der Waals surface area contributed by atoms with Crippen molar-refractivity contribution in [3.05, 3.63) is 63.6 Å². The molecule has 114 valence electrons. The summed E-state index contributed by atoms with van der Waals surface area (Å²) in [6.07, 6.45) is 0.596. The summed E-state index contributed by atoms with van der Waals surface area (Å²) in [5.74, 6) is 0. The highest BCUT2D eigenvalue weighted by Crippen LogP contribution is 2.34. The number of benzene rings is 2. The van der Waals surface area contributed by atoms with Gasteiger partial charge in [-0.1, -0.05) is 54.0 Å². The summed E-state index contributed by atoms with van der Waals surface area (Å²) in [6.45, 7) is 1.91. The van der Waals surface area contributed by atoms with E-state index >= 15 is 0 Å². The molecule has 4 nitrogen and oxygen atoms in total. The van der Waals surface area contributed by atoms with Gasteiger partial charge >= 0.3 is 5.63 Å². The maximum Gasteiger partial charge on any atom is 0.349 e. The summed E-state index contributed by atoms with van der Waals surface area (Å²) in [4.78, 5) is 12.3. The molecule has 0 N–H and O–H groups in total. The van der Waals surface area contributed by atoms with Gasteiger partial charge in [0.15, 0.2) is 5.58 Å². The number of nitrogens with zero attached hydrogens (tertiary/aromatic N) is 1. The lowest BCUT2D eigenvalue weighted by Crippen LogP contribution is -2.01. The number of aryl methyl sites for hydroxylation is 1. The SMILES string of the molecule is CCc1noc2c1c(=O)oc1cc(-c3ccccc3)c(Cl)cc12. The van der Waals surface area contributed by atoms with Crippen LogP contribution in [0.15, 0.2) is 56.2 Å². The lowest BCUT2D eigenvalue weighted by Gasteiger charge is -2.06. The molecule has 4 aromatic rings. The van der Waals surface area contributed by atoms with E-state index in [-0.39, 0.29) is 0 Å². The van der Waals surface area contributed by atoms with Crippen LogP contribution in [0.4, 0.5) is 0 Å². The van der Waals surface area contributed by atoms with Crippen molar-refractivity contribution in [1.29, 1.82) is 0 Å². The molecule has 5 heteroatoms. The molecule has 0 aliphatic rings. The van der Waals surface area contributed by atoms with E-state index in [9.17, 15) is 4.79 Å². The van der Waals surface area contributed by atoms with Gasteiger partial charge in [-0.05, 0) is 24.1 Å². The highest BCUT2D eigenvalue weighted by molar-refractivity contribution is 6.34. The van der Waals surface area contributed by atoms with Gasteiger partial charge in [0.2, 0.25) is 0 Å². The average molecular weight is 326 g/mol. The lowest BCUT2D eigenvalue weighted by molar-refractivity contribution is 0.448. The van der Waals surface area contributed by atoms with Crippen LogP contribution in [-0.4, -0.2) is 5.16 Å². The molecule has 0 saturated carbocycles. The van der Waals surface area contributed by atoms with Crippen molar-refractivity contribution >= 4 is 33.5 Å². The second-order valence-electron chi connectivity index (χ2n) is 5.27. The Balaban J connectivity index is 2.08.